The van der Waals surface area contributed by atoms with E-state index in [1.165, 1.54) is 6.07 Å². The van der Waals surface area contributed by atoms with Crippen LogP contribution in [0.3, 0.4) is 0 Å². The number of ether oxygens (including phenoxy) is 2. The fraction of sp³-hybridized carbons (Fsp3) is 0.562. The maximum absolute atomic E-state index is 14.3. The summed E-state index contributed by atoms with van der Waals surface area (Å²) in [6, 6.07) is 2.97. The van der Waals surface area contributed by atoms with Crippen LogP contribution in [0.15, 0.2) is 12.1 Å². The number of fused-ring (bicyclic) bond motifs is 1. The summed E-state index contributed by atoms with van der Waals surface area (Å²) >= 11 is 0. The van der Waals surface area contributed by atoms with Gasteiger partial charge in [0.1, 0.15) is 0 Å². The van der Waals surface area contributed by atoms with Crippen molar-refractivity contribution in [2.24, 2.45) is 0 Å². The summed E-state index contributed by atoms with van der Waals surface area (Å²) in [4.78, 5) is 11.8. The average molecular weight is 294 g/mol. The summed E-state index contributed by atoms with van der Waals surface area (Å²) in [5.41, 5.74) is -0.500. The van der Waals surface area contributed by atoms with E-state index in [0.29, 0.717) is 43.8 Å². The SMILES string of the molecule is O=C(O)C1(c2cc(F)c3c(c2)OCCCO3)CCCCC1. The Labute approximate surface area is 122 Å². The summed E-state index contributed by atoms with van der Waals surface area (Å²) in [6.45, 7) is 0.864. The molecule has 1 aliphatic carbocycles. The number of carboxylic acid groups (broad SMARTS) is 1. The Morgan fingerprint density at radius 2 is 1.81 bits per heavy atom. The number of benzene rings is 1. The minimum Gasteiger partial charge on any atom is -0.489 e. The van der Waals surface area contributed by atoms with Crippen LogP contribution < -0.4 is 9.47 Å². The quantitative estimate of drug-likeness (QED) is 0.909. The van der Waals surface area contributed by atoms with Gasteiger partial charge in [0.2, 0.25) is 0 Å². The first-order chi connectivity index (χ1) is 10.1. The first-order valence-corrected chi connectivity index (χ1v) is 7.46. The monoisotopic (exact) mass is 294 g/mol. The molecule has 21 heavy (non-hydrogen) atoms. The lowest BCUT2D eigenvalue weighted by Crippen LogP contribution is -2.38. The third-order valence-corrected chi connectivity index (χ3v) is 4.47. The third-order valence-electron chi connectivity index (χ3n) is 4.47. The van der Waals surface area contributed by atoms with E-state index in [0.717, 1.165) is 19.3 Å². The molecule has 5 heteroatoms. The molecule has 0 unspecified atom stereocenters. The number of carbonyl (C=O) groups is 1. The summed E-state index contributed by atoms with van der Waals surface area (Å²) in [5, 5.41) is 9.70. The van der Waals surface area contributed by atoms with Crippen molar-refractivity contribution in [2.45, 2.75) is 43.9 Å². The molecule has 0 saturated heterocycles. The van der Waals surface area contributed by atoms with Gasteiger partial charge < -0.3 is 14.6 Å². The molecule has 1 aromatic rings. The van der Waals surface area contributed by atoms with Crippen LogP contribution in [0.25, 0.3) is 0 Å². The normalized spacial score (nSPS) is 20.6. The maximum Gasteiger partial charge on any atom is 0.314 e. The summed E-state index contributed by atoms with van der Waals surface area (Å²) in [7, 11) is 0. The van der Waals surface area contributed by atoms with E-state index in [-0.39, 0.29) is 5.75 Å². The Kier molecular flexibility index (Phi) is 3.74. The van der Waals surface area contributed by atoms with Gasteiger partial charge in [-0.05, 0) is 30.5 Å². The minimum atomic E-state index is -0.996. The Morgan fingerprint density at radius 1 is 1.10 bits per heavy atom. The topological polar surface area (TPSA) is 55.8 Å². The zero-order valence-electron chi connectivity index (χ0n) is 11.9. The molecule has 0 bridgehead atoms. The molecule has 0 atom stereocenters. The zero-order valence-corrected chi connectivity index (χ0v) is 11.9. The Morgan fingerprint density at radius 3 is 2.52 bits per heavy atom. The summed E-state index contributed by atoms with van der Waals surface area (Å²) in [5.74, 6) is -0.979. The Balaban J connectivity index is 2.07. The maximum atomic E-state index is 14.3. The van der Waals surface area contributed by atoms with Gasteiger partial charge in [0.05, 0.1) is 18.6 Å². The lowest BCUT2D eigenvalue weighted by molar-refractivity contribution is -0.145. The predicted molar refractivity (Wildman–Crippen MR) is 74.4 cm³/mol. The summed E-state index contributed by atoms with van der Waals surface area (Å²) < 4.78 is 25.2. The fourth-order valence-electron chi connectivity index (χ4n) is 3.29. The number of carboxylic acids is 1. The van der Waals surface area contributed by atoms with Crippen LogP contribution in [0.5, 0.6) is 11.5 Å². The molecule has 114 valence electrons. The van der Waals surface area contributed by atoms with Gasteiger partial charge in [-0.3, -0.25) is 4.79 Å². The van der Waals surface area contributed by atoms with Crippen LogP contribution in [0.2, 0.25) is 0 Å². The number of hydrogen-bond donors (Lipinski definition) is 1. The van der Waals surface area contributed by atoms with Crippen molar-refractivity contribution in [1.82, 2.24) is 0 Å². The van der Waals surface area contributed by atoms with E-state index < -0.39 is 17.2 Å². The molecule has 1 fully saturated rings. The molecule has 1 aliphatic heterocycles. The Hall–Kier alpha value is -1.78. The average Bonchev–Trinajstić information content (AvgIpc) is 2.73. The molecule has 1 N–H and O–H groups in total. The molecule has 0 amide bonds. The molecule has 1 heterocycles. The number of rotatable bonds is 2. The highest BCUT2D eigenvalue weighted by atomic mass is 19.1. The minimum absolute atomic E-state index is 0.104. The van der Waals surface area contributed by atoms with Crippen LogP contribution in [0, 0.1) is 5.82 Å². The van der Waals surface area contributed by atoms with Crippen LogP contribution in [0.4, 0.5) is 4.39 Å². The fourth-order valence-corrected chi connectivity index (χ4v) is 3.29. The molecule has 4 nitrogen and oxygen atoms in total. The molecule has 0 radical (unpaired) electrons. The third kappa shape index (κ3) is 2.45. The predicted octanol–water partition coefficient (Wildman–Crippen LogP) is 3.27. The van der Waals surface area contributed by atoms with Crippen LogP contribution >= 0.6 is 0 Å². The van der Waals surface area contributed by atoms with Gasteiger partial charge in [0.15, 0.2) is 17.3 Å². The lowest BCUT2D eigenvalue weighted by Gasteiger charge is -2.34. The van der Waals surface area contributed by atoms with Crippen molar-refractivity contribution in [3.63, 3.8) is 0 Å². The van der Waals surface area contributed by atoms with Gasteiger partial charge in [-0.15, -0.1) is 0 Å². The number of halogens is 1. The van der Waals surface area contributed by atoms with E-state index in [4.69, 9.17) is 9.47 Å². The molecule has 2 aliphatic rings. The largest absolute Gasteiger partial charge is 0.489 e. The lowest BCUT2D eigenvalue weighted by atomic mass is 9.69. The second kappa shape index (κ2) is 5.54. The van der Waals surface area contributed by atoms with Gasteiger partial charge >= 0.3 is 5.97 Å². The second-order valence-corrected chi connectivity index (χ2v) is 5.78. The molecular weight excluding hydrogens is 275 g/mol. The van der Waals surface area contributed by atoms with Crippen LogP contribution in [-0.2, 0) is 10.2 Å². The van der Waals surface area contributed by atoms with Crippen molar-refractivity contribution in [1.29, 1.82) is 0 Å². The van der Waals surface area contributed by atoms with Crippen molar-refractivity contribution in [2.75, 3.05) is 13.2 Å². The van der Waals surface area contributed by atoms with Crippen molar-refractivity contribution >= 4 is 5.97 Å². The molecule has 0 aromatic heterocycles. The molecule has 1 aromatic carbocycles. The van der Waals surface area contributed by atoms with Gasteiger partial charge in [0.25, 0.3) is 0 Å². The molecule has 3 rings (SSSR count). The van der Waals surface area contributed by atoms with E-state index in [9.17, 15) is 14.3 Å². The van der Waals surface area contributed by atoms with Gasteiger partial charge in [0, 0.05) is 6.42 Å². The van der Waals surface area contributed by atoms with Crippen LogP contribution in [0.1, 0.15) is 44.1 Å². The van der Waals surface area contributed by atoms with Crippen molar-refractivity contribution in [3.8, 4) is 11.5 Å². The molecule has 1 saturated carbocycles. The number of aliphatic carboxylic acids is 1. The van der Waals surface area contributed by atoms with Gasteiger partial charge in [-0.25, -0.2) is 4.39 Å². The zero-order chi connectivity index (χ0) is 14.9. The van der Waals surface area contributed by atoms with E-state index in [1.54, 1.807) is 6.07 Å². The van der Waals surface area contributed by atoms with E-state index in [2.05, 4.69) is 0 Å². The standard InChI is InChI=1S/C16H19FO4/c17-12-9-11(10-13-14(12)21-8-4-7-20-13)16(15(18)19)5-2-1-3-6-16/h9-10H,1-8H2,(H,18,19). The van der Waals surface area contributed by atoms with Gasteiger partial charge in [-0.1, -0.05) is 19.3 Å². The Bertz CT molecular complexity index is 549. The highest BCUT2D eigenvalue weighted by Gasteiger charge is 2.42. The first-order valence-electron chi connectivity index (χ1n) is 7.46. The highest BCUT2D eigenvalue weighted by molar-refractivity contribution is 5.82. The second-order valence-electron chi connectivity index (χ2n) is 5.78. The smallest absolute Gasteiger partial charge is 0.314 e. The molecular formula is C16H19FO4. The molecule has 0 spiro atoms. The summed E-state index contributed by atoms with van der Waals surface area (Å²) in [6.07, 6.45) is 4.50. The highest BCUT2D eigenvalue weighted by Crippen LogP contribution is 2.44. The van der Waals surface area contributed by atoms with Crippen molar-refractivity contribution in [3.05, 3.63) is 23.5 Å². The van der Waals surface area contributed by atoms with E-state index >= 15 is 0 Å². The van der Waals surface area contributed by atoms with Crippen molar-refractivity contribution < 1.29 is 23.8 Å². The first kappa shape index (κ1) is 14.2. The van der Waals surface area contributed by atoms with Gasteiger partial charge in [-0.2, -0.15) is 0 Å². The van der Waals surface area contributed by atoms with E-state index in [1.807, 2.05) is 0 Å². The van der Waals surface area contributed by atoms with Crippen LogP contribution in [-0.4, -0.2) is 24.3 Å². The number of hydrogen-bond acceptors (Lipinski definition) is 3.